The van der Waals surface area contributed by atoms with Crippen LogP contribution in [0.3, 0.4) is 0 Å². The highest BCUT2D eigenvalue weighted by Crippen LogP contribution is 2.32. The smallest absolute Gasteiger partial charge is 0.0705 e. The fourth-order valence-corrected chi connectivity index (χ4v) is 3.00. The first-order valence-electron chi connectivity index (χ1n) is 6.99. The first kappa shape index (κ1) is 12.4. The minimum atomic E-state index is 0.553. The average molecular weight is 252 g/mol. The molecule has 1 saturated heterocycles. The first-order valence-corrected chi connectivity index (χ1v) is 6.99. The molecule has 0 radical (unpaired) electrons. The quantitative estimate of drug-likeness (QED) is 0.807. The summed E-state index contributed by atoms with van der Waals surface area (Å²) in [6, 6.07) is 15.4. The summed E-state index contributed by atoms with van der Waals surface area (Å²) in [6.45, 7) is 3.33. The maximum Gasteiger partial charge on any atom is 0.0705 e. The van der Waals surface area contributed by atoms with Crippen molar-refractivity contribution in [2.24, 2.45) is 0 Å². The molecule has 1 aromatic carbocycles. The van der Waals surface area contributed by atoms with Crippen molar-refractivity contribution >= 4 is 0 Å². The second-order valence-electron chi connectivity index (χ2n) is 5.38. The molecular weight excluding hydrogens is 232 g/mol. The van der Waals surface area contributed by atoms with Crippen LogP contribution in [0.4, 0.5) is 0 Å². The zero-order chi connectivity index (χ0) is 13.2. The molecule has 0 saturated carbocycles. The van der Waals surface area contributed by atoms with E-state index < -0.39 is 0 Å². The van der Waals surface area contributed by atoms with Crippen LogP contribution in [0.15, 0.2) is 42.5 Å². The molecule has 0 spiro atoms. The number of hydrogen-bond acceptors (Lipinski definition) is 2. The SMILES string of the molecule is Cc1nc(-c2ccccc2)ccc1C1CCCN1C. The zero-order valence-electron chi connectivity index (χ0n) is 11.6. The van der Waals surface area contributed by atoms with Gasteiger partial charge in [-0.05, 0) is 45.0 Å². The van der Waals surface area contributed by atoms with Crippen molar-refractivity contribution < 1.29 is 0 Å². The summed E-state index contributed by atoms with van der Waals surface area (Å²) in [5.41, 5.74) is 4.82. The van der Waals surface area contributed by atoms with Gasteiger partial charge in [0.05, 0.1) is 5.69 Å². The number of aryl methyl sites for hydroxylation is 1. The van der Waals surface area contributed by atoms with Crippen LogP contribution in [-0.4, -0.2) is 23.5 Å². The molecular formula is C17H20N2. The maximum atomic E-state index is 4.80. The Kier molecular flexibility index (Phi) is 3.34. The molecule has 1 fully saturated rings. The van der Waals surface area contributed by atoms with Gasteiger partial charge in [-0.25, -0.2) is 0 Å². The van der Waals surface area contributed by atoms with Gasteiger partial charge in [0.15, 0.2) is 0 Å². The van der Waals surface area contributed by atoms with Crippen LogP contribution < -0.4 is 0 Å². The zero-order valence-corrected chi connectivity index (χ0v) is 11.6. The Hall–Kier alpha value is -1.67. The highest BCUT2D eigenvalue weighted by molar-refractivity contribution is 5.59. The summed E-state index contributed by atoms with van der Waals surface area (Å²) in [5, 5.41) is 0. The van der Waals surface area contributed by atoms with Gasteiger partial charge in [-0.2, -0.15) is 0 Å². The molecule has 1 aliphatic heterocycles. The molecule has 1 unspecified atom stereocenters. The summed E-state index contributed by atoms with van der Waals surface area (Å²) in [6.07, 6.45) is 2.55. The fourth-order valence-electron chi connectivity index (χ4n) is 3.00. The molecule has 2 heterocycles. The fraction of sp³-hybridized carbons (Fsp3) is 0.353. The third-order valence-corrected chi connectivity index (χ3v) is 4.08. The normalized spacial score (nSPS) is 19.8. The predicted molar refractivity (Wildman–Crippen MR) is 79.0 cm³/mol. The summed E-state index contributed by atoms with van der Waals surface area (Å²) in [7, 11) is 2.21. The molecule has 2 heteroatoms. The molecule has 19 heavy (non-hydrogen) atoms. The molecule has 0 aliphatic carbocycles. The summed E-state index contributed by atoms with van der Waals surface area (Å²) >= 11 is 0. The summed E-state index contributed by atoms with van der Waals surface area (Å²) in [5.74, 6) is 0. The Morgan fingerprint density at radius 1 is 1.11 bits per heavy atom. The van der Waals surface area contributed by atoms with E-state index in [0.717, 1.165) is 5.69 Å². The molecule has 0 N–H and O–H groups in total. The van der Waals surface area contributed by atoms with Gasteiger partial charge in [0.1, 0.15) is 0 Å². The van der Waals surface area contributed by atoms with Crippen LogP contribution >= 0.6 is 0 Å². The number of hydrogen-bond donors (Lipinski definition) is 0. The van der Waals surface area contributed by atoms with Crippen molar-refractivity contribution in [3.8, 4) is 11.3 Å². The lowest BCUT2D eigenvalue weighted by molar-refractivity contribution is 0.316. The predicted octanol–water partition coefficient (Wildman–Crippen LogP) is 3.82. The number of likely N-dealkylation sites (tertiary alicyclic amines) is 1. The molecule has 2 nitrogen and oxygen atoms in total. The van der Waals surface area contributed by atoms with Gasteiger partial charge in [0, 0.05) is 17.3 Å². The Morgan fingerprint density at radius 3 is 2.53 bits per heavy atom. The number of nitrogens with zero attached hydrogens (tertiary/aromatic N) is 2. The molecule has 1 aromatic heterocycles. The van der Waals surface area contributed by atoms with Gasteiger partial charge in [-0.1, -0.05) is 36.4 Å². The summed E-state index contributed by atoms with van der Waals surface area (Å²) in [4.78, 5) is 7.23. The number of aromatic nitrogens is 1. The number of pyridine rings is 1. The van der Waals surface area contributed by atoms with Gasteiger partial charge < -0.3 is 0 Å². The summed E-state index contributed by atoms with van der Waals surface area (Å²) < 4.78 is 0. The lowest BCUT2D eigenvalue weighted by Crippen LogP contribution is -2.18. The molecule has 3 rings (SSSR count). The molecule has 0 bridgehead atoms. The van der Waals surface area contributed by atoms with Gasteiger partial charge in [-0.15, -0.1) is 0 Å². The Morgan fingerprint density at radius 2 is 1.89 bits per heavy atom. The van der Waals surface area contributed by atoms with E-state index in [1.165, 1.54) is 36.2 Å². The third-order valence-electron chi connectivity index (χ3n) is 4.08. The van der Waals surface area contributed by atoms with Crippen molar-refractivity contribution in [2.45, 2.75) is 25.8 Å². The molecule has 1 atom stereocenters. The lowest BCUT2D eigenvalue weighted by atomic mass is 10.0. The Labute approximate surface area is 115 Å². The minimum absolute atomic E-state index is 0.553. The largest absolute Gasteiger partial charge is 0.299 e. The van der Waals surface area contributed by atoms with E-state index in [4.69, 9.17) is 4.98 Å². The van der Waals surface area contributed by atoms with E-state index in [-0.39, 0.29) is 0 Å². The van der Waals surface area contributed by atoms with E-state index in [2.05, 4.69) is 55.3 Å². The number of rotatable bonds is 2. The van der Waals surface area contributed by atoms with Crippen molar-refractivity contribution in [3.05, 3.63) is 53.7 Å². The van der Waals surface area contributed by atoms with Crippen molar-refractivity contribution in [3.63, 3.8) is 0 Å². The average Bonchev–Trinajstić information content (AvgIpc) is 2.86. The molecule has 2 aromatic rings. The van der Waals surface area contributed by atoms with Crippen molar-refractivity contribution in [1.29, 1.82) is 0 Å². The van der Waals surface area contributed by atoms with Gasteiger partial charge in [0.25, 0.3) is 0 Å². The van der Waals surface area contributed by atoms with E-state index in [1.54, 1.807) is 0 Å². The monoisotopic (exact) mass is 252 g/mol. The minimum Gasteiger partial charge on any atom is -0.299 e. The van der Waals surface area contributed by atoms with E-state index in [0.29, 0.717) is 6.04 Å². The Bertz CT molecular complexity index is 563. The molecule has 0 amide bonds. The Balaban J connectivity index is 1.94. The highest BCUT2D eigenvalue weighted by Gasteiger charge is 2.24. The van der Waals surface area contributed by atoms with Crippen molar-refractivity contribution in [2.75, 3.05) is 13.6 Å². The van der Waals surface area contributed by atoms with E-state index in [9.17, 15) is 0 Å². The standard InChI is InChI=1S/C17H20N2/c1-13-15(17-9-6-12-19(17)2)10-11-16(18-13)14-7-4-3-5-8-14/h3-5,7-8,10-11,17H,6,9,12H2,1-2H3. The van der Waals surface area contributed by atoms with Crippen LogP contribution in [-0.2, 0) is 0 Å². The van der Waals surface area contributed by atoms with E-state index in [1.807, 2.05) is 6.07 Å². The topological polar surface area (TPSA) is 16.1 Å². The highest BCUT2D eigenvalue weighted by atomic mass is 15.1. The van der Waals surface area contributed by atoms with E-state index >= 15 is 0 Å². The molecule has 1 aliphatic rings. The van der Waals surface area contributed by atoms with Crippen LogP contribution in [0.25, 0.3) is 11.3 Å². The van der Waals surface area contributed by atoms with Gasteiger partial charge >= 0.3 is 0 Å². The van der Waals surface area contributed by atoms with Crippen LogP contribution in [0.1, 0.15) is 30.1 Å². The first-order chi connectivity index (χ1) is 9.25. The second kappa shape index (κ2) is 5.14. The maximum absolute atomic E-state index is 4.80. The van der Waals surface area contributed by atoms with Crippen molar-refractivity contribution in [1.82, 2.24) is 9.88 Å². The van der Waals surface area contributed by atoms with Crippen LogP contribution in [0.2, 0.25) is 0 Å². The van der Waals surface area contributed by atoms with Crippen LogP contribution in [0, 0.1) is 6.92 Å². The lowest BCUT2D eigenvalue weighted by Gasteiger charge is -2.21. The van der Waals surface area contributed by atoms with Gasteiger partial charge in [-0.3, -0.25) is 9.88 Å². The second-order valence-corrected chi connectivity index (χ2v) is 5.38. The van der Waals surface area contributed by atoms with Crippen LogP contribution in [0.5, 0.6) is 0 Å². The molecule has 98 valence electrons. The van der Waals surface area contributed by atoms with Gasteiger partial charge in [0.2, 0.25) is 0 Å². The number of benzene rings is 1. The third kappa shape index (κ3) is 2.41.